The average molecular weight is 753 g/mol. The summed E-state index contributed by atoms with van der Waals surface area (Å²) >= 11 is 0. The molecule has 215 valence electrons. The van der Waals surface area contributed by atoms with Crippen LogP contribution in [0.2, 0.25) is 19.6 Å². The molecule has 0 aliphatic carbocycles. The zero-order valence-corrected chi connectivity index (χ0v) is 28.1. The summed E-state index contributed by atoms with van der Waals surface area (Å²) in [4.78, 5) is 9.04. The van der Waals surface area contributed by atoms with Gasteiger partial charge in [0, 0.05) is 37.9 Å². The van der Waals surface area contributed by atoms with Gasteiger partial charge in [0.05, 0.1) is 13.7 Å². The maximum absolute atomic E-state index is 6.27. The van der Waals surface area contributed by atoms with E-state index in [2.05, 4.69) is 103 Å². The van der Waals surface area contributed by atoms with Crippen molar-refractivity contribution in [3.63, 3.8) is 0 Å². The number of aromatic nitrogens is 2. The summed E-state index contributed by atoms with van der Waals surface area (Å²) in [5, 5.41) is 3.63. The number of aryl methyl sites for hydroxylation is 1. The average Bonchev–Trinajstić information content (AvgIpc) is 3.41. The molecule has 4 aromatic carbocycles. The van der Waals surface area contributed by atoms with E-state index in [1.165, 1.54) is 21.9 Å². The number of benzene rings is 4. The quantitative estimate of drug-likeness (QED) is 0.133. The Balaban J connectivity index is 0.000000188. The van der Waals surface area contributed by atoms with Gasteiger partial charge in [0.2, 0.25) is 0 Å². The molecule has 7 rings (SSSR count). The van der Waals surface area contributed by atoms with E-state index in [4.69, 9.17) is 4.42 Å². The number of rotatable bonds is 4. The van der Waals surface area contributed by atoms with Crippen LogP contribution in [0.4, 0.5) is 0 Å². The fourth-order valence-corrected chi connectivity index (χ4v) is 6.10. The maximum Gasteiger partial charge on any atom is 0.121 e. The molecule has 0 unspecified atom stereocenters. The van der Waals surface area contributed by atoms with Gasteiger partial charge in [0.25, 0.3) is 0 Å². The number of furan rings is 1. The van der Waals surface area contributed by atoms with Gasteiger partial charge in [-0.05, 0) is 46.8 Å². The summed E-state index contributed by atoms with van der Waals surface area (Å²) in [6, 6.07) is 43.5. The Morgan fingerprint density at radius 1 is 0.721 bits per heavy atom. The molecule has 0 aliphatic heterocycles. The largest absolute Gasteiger partial charge is 0.501 e. The number of hydrogen-bond acceptors (Lipinski definition) is 3. The van der Waals surface area contributed by atoms with Crippen LogP contribution in [-0.4, -0.2) is 18.0 Å². The molecule has 3 heterocycles. The summed E-state index contributed by atoms with van der Waals surface area (Å²) in [6.07, 6.45) is 3.85. The van der Waals surface area contributed by atoms with Crippen LogP contribution < -0.4 is 5.19 Å². The predicted octanol–water partition coefficient (Wildman–Crippen LogP) is 9.52. The van der Waals surface area contributed by atoms with Crippen molar-refractivity contribution in [3.05, 3.63) is 139 Å². The van der Waals surface area contributed by atoms with Crippen LogP contribution in [0.5, 0.6) is 0 Å². The van der Waals surface area contributed by atoms with Crippen LogP contribution in [0, 0.1) is 19.1 Å². The van der Waals surface area contributed by atoms with E-state index in [1.807, 2.05) is 67.0 Å². The molecule has 5 heteroatoms. The fraction of sp³-hybridized carbons (Fsp3) is 0.105. The zero-order valence-electron chi connectivity index (χ0n) is 24.7. The fourth-order valence-electron chi connectivity index (χ4n) is 5.06. The SMILES string of the molecule is C[Si](C)(C)c1ccc(-c2[c-]cccc2)nc1.Cc1ccnc(-c2[c-]ccc3c2oc2cccc(-c4ccccc4)c23)c1.[Ir]. The van der Waals surface area contributed by atoms with Crippen LogP contribution in [0.25, 0.3) is 55.6 Å². The maximum atomic E-state index is 6.27. The van der Waals surface area contributed by atoms with Gasteiger partial charge in [-0.2, -0.15) is 0 Å². The minimum absolute atomic E-state index is 0. The normalized spacial score (nSPS) is 11.1. The molecule has 0 atom stereocenters. The first kappa shape index (κ1) is 30.3. The van der Waals surface area contributed by atoms with Crippen molar-refractivity contribution in [1.29, 1.82) is 0 Å². The molecule has 0 fully saturated rings. The van der Waals surface area contributed by atoms with Crippen molar-refractivity contribution >= 4 is 35.2 Å². The minimum Gasteiger partial charge on any atom is -0.501 e. The summed E-state index contributed by atoms with van der Waals surface area (Å²) in [5.41, 5.74) is 9.10. The van der Waals surface area contributed by atoms with Crippen molar-refractivity contribution in [2.24, 2.45) is 0 Å². The van der Waals surface area contributed by atoms with E-state index >= 15 is 0 Å². The van der Waals surface area contributed by atoms with Gasteiger partial charge in [-0.1, -0.05) is 96.8 Å². The third-order valence-corrected chi connectivity index (χ3v) is 9.36. The van der Waals surface area contributed by atoms with Crippen molar-refractivity contribution < 1.29 is 24.5 Å². The van der Waals surface area contributed by atoms with Crippen LogP contribution in [0.1, 0.15) is 5.56 Å². The molecule has 0 saturated carbocycles. The van der Waals surface area contributed by atoms with Crippen LogP contribution >= 0.6 is 0 Å². The number of nitrogens with zero attached hydrogens (tertiary/aromatic N) is 2. The number of hydrogen-bond donors (Lipinski definition) is 0. The monoisotopic (exact) mass is 753 g/mol. The van der Waals surface area contributed by atoms with Crippen molar-refractivity contribution in [2.45, 2.75) is 26.6 Å². The second-order valence-electron chi connectivity index (χ2n) is 11.4. The molecule has 1 radical (unpaired) electrons. The Labute approximate surface area is 268 Å². The Morgan fingerprint density at radius 2 is 1.53 bits per heavy atom. The van der Waals surface area contributed by atoms with Crippen molar-refractivity contribution in [1.82, 2.24) is 9.97 Å². The van der Waals surface area contributed by atoms with E-state index in [0.29, 0.717) is 0 Å². The van der Waals surface area contributed by atoms with Crippen LogP contribution in [-0.2, 0) is 20.1 Å². The molecule has 7 aromatic rings. The third kappa shape index (κ3) is 6.60. The molecule has 3 nitrogen and oxygen atoms in total. The molecule has 0 amide bonds. The molecule has 0 saturated heterocycles. The zero-order chi connectivity index (χ0) is 29.1. The van der Waals surface area contributed by atoms with Gasteiger partial charge in [0.15, 0.2) is 0 Å². The molecule has 43 heavy (non-hydrogen) atoms. The number of fused-ring (bicyclic) bond motifs is 3. The minimum atomic E-state index is -1.23. The predicted molar refractivity (Wildman–Crippen MR) is 177 cm³/mol. The second kappa shape index (κ2) is 13.0. The van der Waals surface area contributed by atoms with E-state index in [9.17, 15) is 0 Å². The Morgan fingerprint density at radius 3 is 2.23 bits per heavy atom. The smallest absolute Gasteiger partial charge is 0.121 e. The van der Waals surface area contributed by atoms with E-state index in [1.54, 1.807) is 0 Å². The third-order valence-electron chi connectivity index (χ3n) is 7.33. The summed E-state index contributed by atoms with van der Waals surface area (Å²) in [5.74, 6) is 0. The van der Waals surface area contributed by atoms with Gasteiger partial charge in [-0.3, -0.25) is 0 Å². The van der Waals surface area contributed by atoms with Gasteiger partial charge in [-0.15, -0.1) is 54.1 Å². The second-order valence-corrected chi connectivity index (χ2v) is 16.5. The number of pyridine rings is 2. The van der Waals surface area contributed by atoms with Gasteiger partial charge < -0.3 is 14.4 Å². The molecule has 0 spiro atoms. The van der Waals surface area contributed by atoms with E-state index in [-0.39, 0.29) is 20.1 Å². The first-order valence-electron chi connectivity index (χ1n) is 14.2. The van der Waals surface area contributed by atoms with Crippen LogP contribution in [0.15, 0.2) is 126 Å². The van der Waals surface area contributed by atoms with E-state index < -0.39 is 8.07 Å². The Bertz CT molecular complexity index is 1960. The summed E-state index contributed by atoms with van der Waals surface area (Å²) < 4.78 is 6.27. The van der Waals surface area contributed by atoms with Gasteiger partial charge in [0.1, 0.15) is 5.58 Å². The molecule has 0 bridgehead atoms. The molecule has 0 N–H and O–H groups in total. The van der Waals surface area contributed by atoms with Crippen molar-refractivity contribution in [2.75, 3.05) is 0 Å². The molecular formula is C38H32IrN2OSi-2. The Hall–Kier alpha value is -4.15. The van der Waals surface area contributed by atoms with E-state index in [0.717, 1.165) is 44.5 Å². The molecule has 3 aromatic heterocycles. The summed E-state index contributed by atoms with van der Waals surface area (Å²) in [7, 11) is -1.23. The first-order chi connectivity index (χ1) is 20.4. The molecular weight excluding hydrogens is 721 g/mol. The first-order valence-corrected chi connectivity index (χ1v) is 17.7. The topological polar surface area (TPSA) is 38.9 Å². The Kier molecular flexibility index (Phi) is 9.17. The van der Waals surface area contributed by atoms with Gasteiger partial charge >= 0.3 is 0 Å². The van der Waals surface area contributed by atoms with Gasteiger partial charge in [-0.25, -0.2) is 0 Å². The standard InChI is InChI=1S/C24H16NO.C14H16NSi.Ir/c1-16-13-14-25-21(15-16)19-10-5-11-20-23-18(17-7-3-2-4-8-17)9-6-12-22(23)26-24(19)20;1-16(2,3)13-9-10-14(15-11-13)12-7-5-4-6-8-12;/h2-9,11-15H,1H3;4-7,9-11H,1-3H3;/q2*-1;. The molecule has 0 aliphatic rings. The summed E-state index contributed by atoms with van der Waals surface area (Å²) in [6.45, 7) is 9.06. The van der Waals surface area contributed by atoms with Crippen molar-refractivity contribution in [3.8, 4) is 33.6 Å². The van der Waals surface area contributed by atoms with Crippen LogP contribution in [0.3, 0.4) is 0 Å².